The molecule has 4 nitrogen and oxygen atoms in total. The largest absolute Gasteiger partial charge is 0.478 e. The van der Waals surface area contributed by atoms with Crippen molar-refractivity contribution in [3.05, 3.63) is 22.3 Å². The normalized spacial score (nSPS) is 36.5. The Hall–Kier alpha value is -1.58. The maximum absolute atomic E-state index is 11.1. The van der Waals surface area contributed by atoms with Crippen molar-refractivity contribution in [1.29, 1.82) is 0 Å². The van der Waals surface area contributed by atoms with Crippen LogP contribution in [0.2, 0.25) is 0 Å². The Balaban J connectivity index is 2.69. The summed E-state index contributed by atoms with van der Waals surface area (Å²) in [6, 6.07) is 0. The second kappa shape index (κ2) is 2.56. The first-order chi connectivity index (χ1) is 7.20. The molecule has 0 aromatic rings. The van der Waals surface area contributed by atoms with Crippen molar-refractivity contribution in [2.24, 2.45) is 10.8 Å². The van der Waals surface area contributed by atoms with Gasteiger partial charge in [-0.15, -0.1) is 0 Å². The number of carboxylic acid groups (broad SMARTS) is 2. The molecular weight excluding hydrogens is 208 g/mol. The van der Waals surface area contributed by atoms with E-state index in [1.165, 1.54) is 0 Å². The lowest BCUT2D eigenvalue weighted by atomic mass is 9.35. The van der Waals surface area contributed by atoms with E-state index < -0.39 is 22.8 Å². The summed E-state index contributed by atoms with van der Waals surface area (Å²) in [5.41, 5.74) is 0.860. The SMILES string of the molecule is CC1=C(C)C2(C)C(C(=O)O)=C(C(=O)O)C12C. The first-order valence-corrected chi connectivity index (χ1v) is 5.11. The molecule has 4 heteroatoms. The van der Waals surface area contributed by atoms with E-state index in [0.29, 0.717) is 0 Å². The molecule has 0 saturated carbocycles. The maximum atomic E-state index is 11.1. The first kappa shape index (κ1) is 10.9. The highest BCUT2D eigenvalue weighted by Crippen LogP contribution is 2.74. The number of rotatable bonds is 2. The molecule has 0 bridgehead atoms. The van der Waals surface area contributed by atoms with Gasteiger partial charge in [-0.2, -0.15) is 0 Å². The summed E-state index contributed by atoms with van der Waals surface area (Å²) in [5.74, 6) is -2.24. The van der Waals surface area contributed by atoms with Gasteiger partial charge in [-0.25, -0.2) is 9.59 Å². The molecule has 0 aromatic heterocycles. The molecular formula is C12H14O4. The molecule has 0 saturated heterocycles. The quantitative estimate of drug-likeness (QED) is 0.699. The van der Waals surface area contributed by atoms with Gasteiger partial charge in [0, 0.05) is 10.8 Å². The predicted octanol–water partition coefficient (Wildman–Crippen LogP) is 1.83. The van der Waals surface area contributed by atoms with Crippen LogP contribution in [0.5, 0.6) is 0 Å². The zero-order chi connectivity index (χ0) is 12.5. The van der Waals surface area contributed by atoms with E-state index in [-0.39, 0.29) is 11.1 Å². The Morgan fingerprint density at radius 3 is 1.31 bits per heavy atom. The Morgan fingerprint density at radius 1 is 0.875 bits per heavy atom. The molecule has 0 amide bonds. The number of allylic oxidation sites excluding steroid dienone is 2. The van der Waals surface area contributed by atoms with Gasteiger partial charge in [0.25, 0.3) is 0 Å². The van der Waals surface area contributed by atoms with Gasteiger partial charge in [0.05, 0.1) is 11.1 Å². The topological polar surface area (TPSA) is 74.6 Å². The van der Waals surface area contributed by atoms with E-state index in [0.717, 1.165) is 11.1 Å². The average molecular weight is 222 g/mol. The van der Waals surface area contributed by atoms with Crippen LogP contribution >= 0.6 is 0 Å². The molecule has 0 fully saturated rings. The van der Waals surface area contributed by atoms with Crippen LogP contribution in [0, 0.1) is 10.8 Å². The van der Waals surface area contributed by atoms with E-state index >= 15 is 0 Å². The molecule has 2 atom stereocenters. The van der Waals surface area contributed by atoms with Gasteiger partial charge in [0.15, 0.2) is 0 Å². The molecule has 0 spiro atoms. The van der Waals surface area contributed by atoms with E-state index in [2.05, 4.69) is 0 Å². The molecule has 86 valence electrons. The van der Waals surface area contributed by atoms with Crippen molar-refractivity contribution in [2.75, 3.05) is 0 Å². The van der Waals surface area contributed by atoms with Crippen LogP contribution in [0.1, 0.15) is 27.7 Å². The molecule has 0 aliphatic heterocycles. The lowest BCUT2D eigenvalue weighted by Gasteiger charge is -2.65. The van der Waals surface area contributed by atoms with Crippen molar-refractivity contribution in [3.8, 4) is 0 Å². The summed E-state index contributed by atoms with van der Waals surface area (Å²) in [6.07, 6.45) is 0. The molecule has 16 heavy (non-hydrogen) atoms. The summed E-state index contributed by atoms with van der Waals surface area (Å²) >= 11 is 0. The van der Waals surface area contributed by atoms with Gasteiger partial charge in [-0.05, 0) is 13.8 Å². The lowest BCUT2D eigenvalue weighted by Crippen LogP contribution is -2.62. The second-order valence-corrected chi connectivity index (χ2v) is 4.86. The van der Waals surface area contributed by atoms with Gasteiger partial charge < -0.3 is 10.2 Å². The third-order valence-corrected chi connectivity index (χ3v) is 4.74. The highest BCUT2D eigenvalue weighted by atomic mass is 16.4. The minimum Gasteiger partial charge on any atom is -0.478 e. The van der Waals surface area contributed by atoms with Crippen LogP contribution in [0.4, 0.5) is 0 Å². The number of hydrogen-bond donors (Lipinski definition) is 2. The minimum atomic E-state index is -1.12. The summed E-state index contributed by atoms with van der Waals surface area (Å²) < 4.78 is 0. The predicted molar refractivity (Wildman–Crippen MR) is 56.9 cm³/mol. The smallest absolute Gasteiger partial charge is 0.333 e. The lowest BCUT2D eigenvalue weighted by molar-refractivity contribution is -0.142. The number of hydrogen-bond acceptors (Lipinski definition) is 2. The third kappa shape index (κ3) is 0.720. The fourth-order valence-electron chi connectivity index (χ4n) is 3.39. The molecule has 2 aliphatic rings. The van der Waals surface area contributed by atoms with Crippen molar-refractivity contribution in [1.82, 2.24) is 0 Å². The van der Waals surface area contributed by atoms with E-state index in [4.69, 9.17) is 10.2 Å². The minimum absolute atomic E-state index is 0.0469. The van der Waals surface area contributed by atoms with Crippen molar-refractivity contribution >= 4 is 11.9 Å². The van der Waals surface area contributed by atoms with Crippen LogP contribution in [0.3, 0.4) is 0 Å². The molecule has 0 radical (unpaired) electrons. The van der Waals surface area contributed by atoms with E-state index in [9.17, 15) is 9.59 Å². The zero-order valence-corrected chi connectivity index (χ0v) is 9.71. The number of carboxylic acids is 2. The highest BCUT2D eigenvalue weighted by Gasteiger charge is 2.71. The zero-order valence-electron chi connectivity index (χ0n) is 9.71. The van der Waals surface area contributed by atoms with Crippen LogP contribution in [-0.4, -0.2) is 22.2 Å². The van der Waals surface area contributed by atoms with Crippen LogP contribution in [0.15, 0.2) is 22.3 Å². The third-order valence-electron chi connectivity index (χ3n) is 4.74. The summed E-state index contributed by atoms with van der Waals surface area (Å²) in [7, 11) is 0. The second-order valence-electron chi connectivity index (χ2n) is 4.86. The molecule has 2 rings (SSSR count). The summed E-state index contributed by atoms with van der Waals surface area (Å²) in [4.78, 5) is 22.3. The fourth-order valence-corrected chi connectivity index (χ4v) is 3.39. The average Bonchev–Trinajstić information content (AvgIpc) is 2.19. The van der Waals surface area contributed by atoms with Gasteiger partial charge in [-0.3, -0.25) is 0 Å². The van der Waals surface area contributed by atoms with Crippen LogP contribution in [-0.2, 0) is 9.59 Å². The Labute approximate surface area is 93.3 Å². The van der Waals surface area contributed by atoms with Gasteiger partial charge in [-0.1, -0.05) is 25.0 Å². The Morgan fingerprint density at radius 2 is 1.12 bits per heavy atom. The van der Waals surface area contributed by atoms with E-state index in [1.807, 2.05) is 27.7 Å². The maximum Gasteiger partial charge on any atom is 0.333 e. The summed E-state index contributed by atoms with van der Waals surface area (Å²) in [5, 5.41) is 18.2. The number of aliphatic carboxylic acids is 2. The van der Waals surface area contributed by atoms with Crippen LogP contribution in [0.25, 0.3) is 0 Å². The molecule has 2 unspecified atom stereocenters. The number of fused-ring (bicyclic) bond motifs is 1. The van der Waals surface area contributed by atoms with Gasteiger partial charge in [0.1, 0.15) is 0 Å². The van der Waals surface area contributed by atoms with Crippen molar-refractivity contribution < 1.29 is 19.8 Å². The summed E-state index contributed by atoms with van der Waals surface area (Å²) in [6.45, 7) is 7.37. The fraction of sp³-hybridized carbons (Fsp3) is 0.500. The van der Waals surface area contributed by atoms with Gasteiger partial charge >= 0.3 is 11.9 Å². The standard InChI is InChI=1S/C12H14O4/c1-5-6(2)12(4)8(10(15)16)7(9(13)14)11(5,12)3/h1-4H3,(H,13,14)(H,15,16). The van der Waals surface area contributed by atoms with Gasteiger partial charge in [0.2, 0.25) is 0 Å². The number of carbonyl (C=O) groups is 2. The van der Waals surface area contributed by atoms with Crippen molar-refractivity contribution in [3.63, 3.8) is 0 Å². The molecule has 0 aromatic carbocycles. The Kier molecular flexibility index (Phi) is 1.75. The van der Waals surface area contributed by atoms with Crippen molar-refractivity contribution in [2.45, 2.75) is 27.7 Å². The first-order valence-electron chi connectivity index (χ1n) is 5.11. The van der Waals surface area contributed by atoms with Crippen LogP contribution < -0.4 is 0 Å². The monoisotopic (exact) mass is 222 g/mol. The Bertz CT molecular complexity index is 453. The molecule has 2 N–H and O–H groups in total. The highest BCUT2D eigenvalue weighted by molar-refractivity contribution is 6.08. The molecule has 0 heterocycles. The van der Waals surface area contributed by atoms with E-state index in [1.54, 1.807) is 0 Å². The molecule has 2 aliphatic carbocycles.